The van der Waals surface area contributed by atoms with E-state index >= 15 is 0 Å². The summed E-state index contributed by atoms with van der Waals surface area (Å²) in [6.45, 7) is 10.2. The van der Waals surface area contributed by atoms with Gasteiger partial charge in [-0.3, -0.25) is 9.59 Å². The van der Waals surface area contributed by atoms with Gasteiger partial charge in [-0.25, -0.2) is 14.4 Å². The second-order valence-corrected chi connectivity index (χ2v) is 17.0. The molecule has 7 rings (SSSR count). The maximum Gasteiger partial charge on any atom is 0.509 e. The summed E-state index contributed by atoms with van der Waals surface area (Å²) in [5.74, 6) is -5.81. The first-order valence-corrected chi connectivity index (χ1v) is 19.2. The number of furan rings is 1. The van der Waals surface area contributed by atoms with Crippen LogP contribution >= 0.6 is 0 Å². The van der Waals surface area contributed by atoms with E-state index in [0.29, 0.717) is 0 Å². The molecular formula is C41H49NO16. The molecule has 17 heteroatoms. The first-order valence-electron chi connectivity index (χ1n) is 19.2. The number of nitrogens with one attached hydrogen (secondary N) is 1. The number of ether oxygens (including phenoxy) is 6. The van der Waals surface area contributed by atoms with Gasteiger partial charge in [0.2, 0.25) is 5.60 Å². The van der Waals surface area contributed by atoms with Crippen molar-refractivity contribution in [3.05, 3.63) is 71.2 Å². The van der Waals surface area contributed by atoms with Crippen LogP contribution in [0.15, 0.2) is 64.3 Å². The van der Waals surface area contributed by atoms with E-state index in [4.69, 9.17) is 32.8 Å². The lowest BCUT2D eigenvalue weighted by Crippen LogP contribution is -2.83. The predicted molar refractivity (Wildman–Crippen MR) is 195 cm³/mol. The molecule has 5 N–H and O–H groups in total. The van der Waals surface area contributed by atoms with Crippen molar-refractivity contribution in [2.75, 3.05) is 6.61 Å². The van der Waals surface area contributed by atoms with Crippen molar-refractivity contribution in [3.63, 3.8) is 0 Å². The number of hydrogen-bond acceptors (Lipinski definition) is 16. The Hall–Kier alpha value is -4.81. The molecule has 58 heavy (non-hydrogen) atoms. The lowest BCUT2D eigenvalue weighted by Gasteiger charge is -2.68. The highest BCUT2D eigenvalue weighted by Crippen LogP contribution is 2.67. The Morgan fingerprint density at radius 1 is 0.983 bits per heavy atom. The fourth-order valence-corrected chi connectivity index (χ4v) is 10.3. The molecule has 1 unspecified atom stereocenters. The largest absolute Gasteiger partial charge is 0.509 e. The quantitative estimate of drug-likeness (QED) is 0.138. The second-order valence-electron chi connectivity index (χ2n) is 17.0. The number of hydrogen-bond donors (Lipinski definition) is 5. The summed E-state index contributed by atoms with van der Waals surface area (Å²) in [6, 6.07) is 9.48. The normalized spacial score (nSPS) is 36.9. The van der Waals surface area contributed by atoms with E-state index in [2.05, 4.69) is 5.32 Å². The minimum Gasteiger partial charge on any atom is -0.459 e. The third-order valence-corrected chi connectivity index (χ3v) is 13.2. The number of benzene rings is 1. The van der Waals surface area contributed by atoms with Crippen LogP contribution in [0.2, 0.25) is 0 Å². The number of fused-ring (bicyclic) bond motifs is 4. The van der Waals surface area contributed by atoms with Crippen molar-refractivity contribution in [1.82, 2.24) is 5.32 Å². The molecule has 1 spiro atoms. The molecule has 1 amide bonds. The van der Waals surface area contributed by atoms with Crippen LogP contribution < -0.4 is 5.32 Å². The van der Waals surface area contributed by atoms with Gasteiger partial charge < -0.3 is 58.6 Å². The summed E-state index contributed by atoms with van der Waals surface area (Å²) < 4.78 is 41.8. The fourth-order valence-electron chi connectivity index (χ4n) is 10.3. The van der Waals surface area contributed by atoms with Crippen molar-refractivity contribution >= 4 is 30.0 Å². The van der Waals surface area contributed by atoms with E-state index in [9.17, 15) is 44.4 Å². The van der Waals surface area contributed by atoms with Crippen LogP contribution in [0.25, 0.3) is 0 Å². The van der Waals surface area contributed by atoms with Crippen molar-refractivity contribution in [3.8, 4) is 0 Å². The van der Waals surface area contributed by atoms with Gasteiger partial charge in [0.15, 0.2) is 35.8 Å². The Balaban J connectivity index is 1.42. The molecule has 5 aliphatic rings. The smallest absolute Gasteiger partial charge is 0.459 e. The van der Waals surface area contributed by atoms with Crippen LogP contribution in [0.4, 0.5) is 4.79 Å². The highest BCUT2D eigenvalue weighted by atomic mass is 16.8. The van der Waals surface area contributed by atoms with E-state index in [1.165, 1.54) is 44.4 Å². The number of rotatable bonds is 9. The predicted octanol–water partition coefficient (Wildman–Crippen LogP) is 1.99. The SMILES string of the molecule is CC(=O)O[C@@]12CO[C@@H]1C[C@H](O)[C@]1(C)C2[C@H](OC(=O)c2ccccc2)[C@]23OC(=O)O[C@H]2[C@H](OC(=O)[C@H](O)[C@@H](NC(=O)c2ccco2)C(C)C)C(C)=C([C@@H](O)[C@H]1O)C3(C)C. The molecule has 2 bridgehead atoms. The van der Waals surface area contributed by atoms with E-state index in [1.807, 2.05) is 0 Å². The topological polar surface area (TPSA) is 247 Å². The number of aliphatic hydroxyl groups excluding tert-OH is 4. The van der Waals surface area contributed by atoms with Gasteiger partial charge in [-0.1, -0.05) is 52.8 Å². The molecule has 0 radical (unpaired) electrons. The lowest BCUT2D eigenvalue weighted by molar-refractivity contribution is -0.364. The first kappa shape index (κ1) is 41.4. The van der Waals surface area contributed by atoms with Gasteiger partial charge in [0, 0.05) is 24.2 Å². The summed E-state index contributed by atoms with van der Waals surface area (Å²) in [5.41, 5.74) is -7.41. The Kier molecular flexibility index (Phi) is 10.3. The minimum absolute atomic E-state index is 0.00507. The summed E-state index contributed by atoms with van der Waals surface area (Å²) in [5, 5.41) is 50.9. The minimum atomic E-state index is -2.28. The molecule has 13 atom stereocenters. The summed E-state index contributed by atoms with van der Waals surface area (Å²) in [7, 11) is 0. The average Bonchev–Trinajstić information content (AvgIpc) is 3.84. The van der Waals surface area contributed by atoms with Crippen LogP contribution in [-0.2, 0) is 38.0 Å². The molecule has 2 aromatic rings. The number of esters is 3. The number of carbonyl (C=O) groups is 5. The van der Waals surface area contributed by atoms with Crippen molar-refractivity contribution in [1.29, 1.82) is 0 Å². The van der Waals surface area contributed by atoms with Crippen molar-refractivity contribution < 1.29 is 77.2 Å². The Morgan fingerprint density at radius 3 is 2.26 bits per heavy atom. The maximum absolute atomic E-state index is 14.3. The van der Waals surface area contributed by atoms with Crippen LogP contribution in [0.5, 0.6) is 0 Å². The molecule has 2 saturated carbocycles. The van der Waals surface area contributed by atoms with E-state index < -0.39 is 119 Å². The zero-order chi connectivity index (χ0) is 42.3. The van der Waals surface area contributed by atoms with E-state index in [0.717, 1.165) is 6.92 Å². The number of carbonyl (C=O) groups excluding carboxylic acids is 5. The molecule has 3 heterocycles. The fraction of sp³-hybridized carbons (Fsp3) is 0.585. The third-order valence-electron chi connectivity index (χ3n) is 13.2. The zero-order valence-corrected chi connectivity index (χ0v) is 33.1. The highest BCUT2D eigenvalue weighted by Gasteiger charge is 2.82. The standard InChI is InChI=1S/C41H49NO16/c1-18(2)26(42-34(48)22-14-11-15-52-22)28(46)36(50)54-29-19(3)25-27(45)31(47)39(7)23(44)16-24-40(17-53-24,57-20(4)43)30(39)33(55-35(49)21-12-9-8-10-13-21)41(38(25,5)6)32(29)56-37(51)58-41/h8-15,18,23-24,26-33,44-47H,16-17H2,1-7H3,(H,42,48)/t23-,24+,26-,27+,28+,29+,30?,31+,32-,33-,39+,40-,41+/m0/s1. The number of amides is 1. The van der Waals surface area contributed by atoms with Gasteiger partial charge in [-0.15, -0.1) is 0 Å². The third kappa shape index (κ3) is 5.95. The molecule has 4 fully saturated rings. The Bertz CT molecular complexity index is 2000. The van der Waals surface area contributed by atoms with Gasteiger partial charge in [-0.2, -0.15) is 0 Å². The Morgan fingerprint density at radius 2 is 1.67 bits per heavy atom. The molecule has 2 saturated heterocycles. The van der Waals surface area contributed by atoms with E-state index in [1.54, 1.807) is 45.9 Å². The molecule has 2 aliphatic heterocycles. The van der Waals surface area contributed by atoms with Crippen LogP contribution in [0.3, 0.4) is 0 Å². The number of aliphatic hydroxyl groups is 4. The van der Waals surface area contributed by atoms with Gasteiger partial charge in [0.25, 0.3) is 5.91 Å². The lowest BCUT2D eigenvalue weighted by atomic mass is 9.44. The molecule has 1 aromatic carbocycles. The summed E-state index contributed by atoms with van der Waals surface area (Å²) in [4.78, 5) is 68.1. The first-order chi connectivity index (χ1) is 27.2. The molecule has 3 aliphatic carbocycles. The monoisotopic (exact) mass is 811 g/mol. The molecule has 1 aromatic heterocycles. The van der Waals surface area contributed by atoms with Crippen molar-refractivity contribution in [2.24, 2.45) is 22.7 Å². The Labute approximate surface area is 333 Å². The van der Waals surface area contributed by atoms with E-state index in [-0.39, 0.29) is 35.5 Å². The van der Waals surface area contributed by atoms with Gasteiger partial charge in [-0.05, 0) is 48.3 Å². The van der Waals surface area contributed by atoms with Crippen LogP contribution in [-0.4, -0.2) is 123 Å². The molecular weight excluding hydrogens is 762 g/mol. The van der Waals surface area contributed by atoms with Crippen LogP contribution in [0.1, 0.15) is 75.8 Å². The van der Waals surface area contributed by atoms with Crippen molar-refractivity contribution in [2.45, 2.75) is 121 Å². The zero-order valence-electron chi connectivity index (χ0n) is 33.1. The van der Waals surface area contributed by atoms with Gasteiger partial charge >= 0.3 is 24.1 Å². The summed E-state index contributed by atoms with van der Waals surface area (Å²) in [6.07, 6.45) is -13.6. The molecule has 314 valence electrons. The maximum atomic E-state index is 14.3. The average molecular weight is 812 g/mol. The molecule has 17 nitrogen and oxygen atoms in total. The van der Waals surface area contributed by atoms with Gasteiger partial charge in [0.05, 0.1) is 42.6 Å². The van der Waals surface area contributed by atoms with Crippen LogP contribution in [0, 0.1) is 22.7 Å². The highest BCUT2D eigenvalue weighted by molar-refractivity contribution is 5.92. The summed E-state index contributed by atoms with van der Waals surface area (Å²) >= 11 is 0. The van der Waals surface area contributed by atoms with Gasteiger partial charge in [0.1, 0.15) is 12.2 Å². The second kappa shape index (κ2) is 14.5.